The monoisotopic (exact) mass is 364 g/mol. The second-order valence-electron chi connectivity index (χ2n) is 5.43. The van der Waals surface area contributed by atoms with Crippen molar-refractivity contribution in [2.45, 2.75) is 19.9 Å². The number of nitrogens with one attached hydrogen (secondary N) is 2. The third-order valence-corrected chi connectivity index (χ3v) is 3.99. The summed E-state index contributed by atoms with van der Waals surface area (Å²) in [6, 6.07) is 13.3. The molecule has 2 rings (SSSR count). The molecular formula is C18H21ClN2O2S. The summed E-state index contributed by atoms with van der Waals surface area (Å²) in [6.45, 7) is 4.41. The van der Waals surface area contributed by atoms with Crippen LogP contribution < -0.4 is 20.1 Å². The molecule has 24 heavy (non-hydrogen) atoms. The fourth-order valence-corrected chi connectivity index (χ4v) is 2.56. The molecule has 2 aromatic rings. The van der Waals surface area contributed by atoms with Crippen LogP contribution in [0, 0.1) is 6.92 Å². The van der Waals surface area contributed by atoms with Crippen molar-refractivity contribution in [2.24, 2.45) is 0 Å². The third kappa shape index (κ3) is 5.28. The van der Waals surface area contributed by atoms with Crippen LogP contribution in [0.3, 0.4) is 0 Å². The lowest BCUT2D eigenvalue weighted by Gasteiger charge is -2.18. The van der Waals surface area contributed by atoms with E-state index in [0.29, 0.717) is 28.2 Å². The number of halogens is 1. The van der Waals surface area contributed by atoms with Crippen molar-refractivity contribution < 1.29 is 9.47 Å². The number of benzene rings is 2. The second-order valence-corrected chi connectivity index (χ2v) is 6.24. The maximum absolute atomic E-state index is 6.11. The van der Waals surface area contributed by atoms with Crippen molar-refractivity contribution >= 4 is 34.6 Å². The fourth-order valence-electron chi connectivity index (χ4n) is 2.06. The molecular weight excluding hydrogens is 344 g/mol. The average Bonchev–Trinajstić information content (AvgIpc) is 2.56. The molecule has 0 fully saturated rings. The fraction of sp³-hybridized carbons (Fsp3) is 0.278. The summed E-state index contributed by atoms with van der Waals surface area (Å²) in [7, 11) is 1.62. The van der Waals surface area contributed by atoms with Gasteiger partial charge < -0.3 is 20.1 Å². The lowest BCUT2D eigenvalue weighted by Crippen LogP contribution is -2.39. The highest BCUT2D eigenvalue weighted by Gasteiger charge is 2.08. The zero-order chi connectivity index (χ0) is 17.5. The molecule has 128 valence electrons. The van der Waals surface area contributed by atoms with E-state index in [1.807, 2.05) is 56.3 Å². The van der Waals surface area contributed by atoms with Crippen LogP contribution in [0.25, 0.3) is 0 Å². The van der Waals surface area contributed by atoms with Gasteiger partial charge in [-0.2, -0.15) is 0 Å². The molecule has 6 heteroatoms. The molecule has 0 amide bonds. The van der Waals surface area contributed by atoms with Gasteiger partial charge in [0.1, 0.15) is 6.61 Å². The molecule has 2 N–H and O–H groups in total. The van der Waals surface area contributed by atoms with E-state index in [4.69, 9.17) is 33.3 Å². The minimum absolute atomic E-state index is 0.0239. The number of hydrogen-bond acceptors (Lipinski definition) is 3. The standard InChI is InChI=1S/C18H21ClN2O2S/c1-12-8-9-14(10-15(12)19)21-18(24)20-13(2)11-23-17-7-5-4-6-16(17)22-3/h4-10,13H,11H2,1-3H3,(H2,20,21,24)/t13-/m0/s1. The van der Waals surface area contributed by atoms with Crippen molar-refractivity contribution in [3.63, 3.8) is 0 Å². The molecule has 1 atom stereocenters. The quantitative estimate of drug-likeness (QED) is 0.743. The van der Waals surface area contributed by atoms with Gasteiger partial charge in [0, 0.05) is 10.7 Å². The number of aryl methyl sites for hydroxylation is 1. The van der Waals surface area contributed by atoms with Crippen molar-refractivity contribution in [3.05, 3.63) is 53.1 Å². The largest absolute Gasteiger partial charge is 0.493 e. The Morgan fingerprint density at radius 3 is 2.58 bits per heavy atom. The van der Waals surface area contributed by atoms with Gasteiger partial charge in [0.25, 0.3) is 0 Å². The highest BCUT2D eigenvalue weighted by atomic mass is 35.5. The Balaban J connectivity index is 1.84. The number of ether oxygens (including phenoxy) is 2. The number of para-hydroxylation sites is 2. The number of methoxy groups -OCH3 is 1. The predicted octanol–water partition coefficient (Wildman–Crippen LogP) is 4.41. The molecule has 0 heterocycles. The van der Waals surface area contributed by atoms with Crippen LogP contribution in [0.5, 0.6) is 11.5 Å². The van der Waals surface area contributed by atoms with E-state index < -0.39 is 0 Å². The zero-order valence-corrected chi connectivity index (χ0v) is 15.5. The lowest BCUT2D eigenvalue weighted by molar-refractivity contribution is 0.270. The lowest BCUT2D eigenvalue weighted by atomic mass is 10.2. The van der Waals surface area contributed by atoms with Gasteiger partial charge in [0.15, 0.2) is 16.6 Å². The van der Waals surface area contributed by atoms with Gasteiger partial charge in [-0.05, 0) is 55.9 Å². The van der Waals surface area contributed by atoms with Crippen molar-refractivity contribution in [1.29, 1.82) is 0 Å². The summed E-state index contributed by atoms with van der Waals surface area (Å²) >= 11 is 11.4. The highest BCUT2D eigenvalue weighted by Crippen LogP contribution is 2.25. The summed E-state index contributed by atoms with van der Waals surface area (Å²) in [5.41, 5.74) is 1.88. The first-order valence-corrected chi connectivity index (χ1v) is 8.37. The Hall–Kier alpha value is -1.98. The van der Waals surface area contributed by atoms with Crippen LogP contribution in [0.2, 0.25) is 5.02 Å². The summed E-state index contributed by atoms with van der Waals surface area (Å²) in [6.07, 6.45) is 0. The van der Waals surface area contributed by atoms with Crippen LogP contribution in [-0.2, 0) is 0 Å². The Morgan fingerprint density at radius 2 is 1.92 bits per heavy atom. The second kappa shape index (κ2) is 8.76. The Kier molecular flexibility index (Phi) is 6.70. The molecule has 0 saturated heterocycles. The van der Waals surface area contributed by atoms with Crippen LogP contribution in [0.15, 0.2) is 42.5 Å². The minimum atomic E-state index is 0.0239. The van der Waals surface area contributed by atoms with E-state index in [-0.39, 0.29) is 6.04 Å². The Labute approximate surface area is 153 Å². The average molecular weight is 365 g/mol. The molecule has 0 unspecified atom stereocenters. The summed E-state index contributed by atoms with van der Waals surface area (Å²) in [4.78, 5) is 0. The normalized spacial score (nSPS) is 11.5. The first-order valence-electron chi connectivity index (χ1n) is 7.59. The molecule has 0 bridgehead atoms. The third-order valence-electron chi connectivity index (χ3n) is 3.37. The van der Waals surface area contributed by atoms with E-state index in [1.165, 1.54) is 0 Å². The SMILES string of the molecule is COc1ccccc1OC[C@H](C)NC(=S)Nc1ccc(C)c(Cl)c1. The molecule has 2 aromatic carbocycles. The number of anilines is 1. The summed E-state index contributed by atoms with van der Waals surface area (Å²) < 4.78 is 11.0. The number of thiocarbonyl (C=S) groups is 1. The van der Waals surface area contributed by atoms with Gasteiger partial charge in [0.2, 0.25) is 0 Å². The highest BCUT2D eigenvalue weighted by molar-refractivity contribution is 7.80. The molecule has 0 aliphatic carbocycles. The molecule has 0 spiro atoms. The molecule has 0 saturated carbocycles. The molecule has 0 aliphatic rings. The van der Waals surface area contributed by atoms with Crippen molar-refractivity contribution in [2.75, 3.05) is 19.0 Å². The van der Waals surface area contributed by atoms with Crippen molar-refractivity contribution in [3.8, 4) is 11.5 Å². The molecule has 4 nitrogen and oxygen atoms in total. The van der Waals surface area contributed by atoms with E-state index in [9.17, 15) is 0 Å². The maximum atomic E-state index is 6.11. The van der Waals surface area contributed by atoms with Gasteiger partial charge in [-0.15, -0.1) is 0 Å². The van der Waals surface area contributed by atoms with Gasteiger partial charge in [-0.3, -0.25) is 0 Å². The first-order chi connectivity index (χ1) is 11.5. The predicted molar refractivity (Wildman–Crippen MR) is 103 cm³/mol. The topological polar surface area (TPSA) is 42.5 Å². The van der Waals surface area contributed by atoms with E-state index in [0.717, 1.165) is 11.3 Å². The first kappa shape index (κ1) is 18.4. The molecule has 0 aliphatic heterocycles. The van der Waals surface area contributed by atoms with Gasteiger partial charge in [-0.1, -0.05) is 29.8 Å². The van der Waals surface area contributed by atoms with Crippen LogP contribution in [-0.4, -0.2) is 24.9 Å². The van der Waals surface area contributed by atoms with Crippen LogP contribution >= 0.6 is 23.8 Å². The van der Waals surface area contributed by atoms with E-state index in [2.05, 4.69) is 10.6 Å². The maximum Gasteiger partial charge on any atom is 0.171 e. The van der Waals surface area contributed by atoms with E-state index >= 15 is 0 Å². The zero-order valence-electron chi connectivity index (χ0n) is 13.9. The summed E-state index contributed by atoms with van der Waals surface area (Å²) in [5, 5.41) is 7.52. The smallest absolute Gasteiger partial charge is 0.171 e. The summed E-state index contributed by atoms with van der Waals surface area (Å²) in [5.74, 6) is 1.41. The van der Waals surface area contributed by atoms with Gasteiger partial charge in [-0.25, -0.2) is 0 Å². The Bertz CT molecular complexity index is 709. The molecule has 0 radical (unpaired) electrons. The van der Waals surface area contributed by atoms with Crippen molar-refractivity contribution in [1.82, 2.24) is 5.32 Å². The number of hydrogen-bond donors (Lipinski definition) is 2. The van der Waals surface area contributed by atoms with Crippen LogP contribution in [0.1, 0.15) is 12.5 Å². The minimum Gasteiger partial charge on any atom is -0.493 e. The van der Waals surface area contributed by atoms with E-state index in [1.54, 1.807) is 7.11 Å². The Morgan fingerprint density at radius 1 is 1.21 bits per heavy atom. The molecule has 0 aromatic heterocycles. The number of rotatable bonds is 6. The van der Waals surface area contributed by atoms with Crippen LogP contribution in [0.4, 0.5) is 5.69 Å². The van der Waals surface area contributed by atoms with Gasteiger partial charge in [0.05, 0.1) is 13.2 Å². The van der Waals surface area contributed by atoms with Gasteiger partial charge >= 0.3 is 0 Å².